The summed E-state index contributed by atoms with van der Waals surface area (Å²) in [5.74, 6) is -0.0457. The summed E-state index contributed by atoms with van der Waals surface area (Å²) in [7, 11) is 0. The van der Waals surface area contributed by atoms with E-state index in [0.29, 0.717) is 5.92 Å². The van der Waals surface area contributed by atoms with Gasteiger partial charge in [-0.2, -0.15) is 0 Å². The molecule has 1 atom stereocenters. The smallest absolute Gasteiger partial charge is 0.317 e. The first-order valence-electron chi connectivity index (χ1n) is 6.75. The van der Waals surface area contributed by atoms with Crippen LogP contribution in [0.5, 0.6) is 0 Å². The van der Waals surface area contributed by atoms with Crippen molar-refractivity contribution in [3.63, 3.8) is 0 Å². The molecular formula is C15H20ClNO2. The molecule has 1 N–H and O–H groups in total. The second-order valence-corrected chi connectivity index (χ2v) is 5.88. The van der Waals surface area contributed by atoms with Gasteiger partial charge in [-0.1, -0.05) is 23.7 Å². The van der Waals surface area contributed by atoms with E-state index in [9.17, 15) is 4.79 Å². The van der Waals surface area contributed by atoms with Gasteiger partial charge in [-0.25, -0.2) is 0 Å². The summed E-state index contributed by atoms with van der Waals surface area (Å²) in [6.45, 7) is 3.13. The van der Waals surface area contributed by atoms with Gasteiger partial charge >= 0.3 is 5.97 Å². The second-order valence-electron chi connectivity index (χ2n) is 5.45. The second kappa shape index (κ2) is 6.40. The maximum absolute atomic E-state index is 11.0. The van der Waals surface area contributed by atoms with Crippen LogP contribution in [0.25, 0.3) is 0 Å². The van der Waals surface area contributed by atoms with Gasteiger partial charge < -0.3 is 5.11 Å². The van der Waals surface area contributed by atoms with Crippen LogP contribution in [0.2, 0.25) is 5.02 Å². The lowest BCUT2D eigenvalue weighted by Gasteiger charge is -2.27. The zero-order valence-corrected chi connectivity index (χ0v) is 11.9. The highest BCUT2D eigenvalue weighted by Crippen LogP contribution is 2.30. The van der Waals surface area contributed by atoms with Crippen molar-refractivity contribution >= 4 is 17.6 Å². The van der Waals surface area contributed by atoms with Gasteiger partial charge in [0.2, 0.25) is 0 Å². The molecule has 1 fully saturated rings. The van der Waals surface area contributed by atoms with Crippen LogP contribution in [-0.2, 0) is 11.2 Å². The molecule has 1 aromatic carbocycles. The Balaban J connectivity index is 1.94. The van der Waals surface area contributed by atoms with Crippen LogP contribution >= 0.6 is 11.6 Å². The predicted molar refractivity (Wildman–Crippen MR) is 76.6 cm³/mol. The number of carbonyl (C=O) groups is 1. The molecule has 1 aromatic rings. The SMILES string of the molecule is CC(Cc1ccc(Cl)cc1)N(CC(=O)O)CC1CC1. The number of aliphatic carboxylic acids is 1. The zero-order valence-electron chi connectivity index (χ0n) is 11.2. The highest BCUT2D eigenvalue weighted by Gasteiger charge is 2.27. The maximum atomic E-state index is 11.0. The van der Waals surface area contributed by atoms with Gasteiger partial charge in [0.25, 0.3) is 0 Å². The lowest BCUT2D eigenvalue weighted by Crippen LogP contribution is -2.40. The van der Waals surface area contributed by atoms with Gasteiger partial charge in [0.1, 0.15) is 0 Å². The van der Waals surface area contributed by atoms with Gasteiger partial charge in [0.15, 0.2) is 0 Å². The van der Waals surface area contributed by atoms with Crippen molar-refractivity contribution in [2.45, 2.75) is 32.2 Å². The molecule has 4 heteroatoms. The number of nitrogens with zero attached hydrogens (tertiary/aromatic N) is 1. The van der Waals surface area contributed by atoms with E-state index in [-0.39, 0.29) is 12.6 Å². The van der Waals surface area contributed by atoms with Crippen molar-refractivity contribution in [3.8, 4) is 0 Å². The third-order valence-corrected chi connectivity index (χ3v) is 3.85. The molecule has 0 heterocycles. The molecular weight excluding hydrogens is 262 g/mol. The Labute approximate surface area is 119 Å². The normalized spacial score (nSPS) is 16.6. The van der Waals surface area contributed by atoms with Gasteiger partial charge in [0.05, 0.1) is 6.54 Å². The number of halogens is 1. The van der Waals surface area contributed by atoms with Crippen molar-refractivity contribution in [2.75, 3.05) is 13.1 Å². The van der Waals surface area contributed by atoms with E-state index in [2.05, 4.69) is 11.8 Å². The van der Waals surface area contributed by atoms with Gasteiger partial charge in [-0.05, 0) is 49.8 Å². The Bertz CT molecular complexity index is 428. The Morgan fingerprint density at radius 3 is 2.58 bits per heavy atom. The lowest BCUT2D eigenvalue weighted by atomic mass is 10.1. The molecule has 104 valence electrons. The Kier molecular flexibility index (Phi) is 4.83. The Hall–Kier alpha value is -1.06. The largest absolute Gasteiger partial charge is 0.480 e. The summed E-state index contributed by atoms with van der Waals surface area (Å²) < 4.78 is 0. The van der Waals surface area contributed by atoms with Crippen molar-refractivity contribution in [3.05, 3.63) is 34.9 Å². The first-order chi connectivity index (χ1) is 9.04. The van der Waals surface area contributed by atoms with Crippen molar-refractivity contribution < 1.29 is 9.90 Å². The third kappa shape index (κ3) is 4.84. The average molecular weight is 282 g/mol. The molecule has 2 rings (SSSR count). The number of benzene rings is 1. The molecule has 1 aliphatic rings. The maximum Gasteiger partial charge on any atom is 0.317 e. The molecule has 0 bridgehead atoms. The van der Waals surface area contributed by atoms with E-state index in [4.69, 9.17) is 16.7 Å². The van der Waals surface area contributed by atoms with Crippen molar-refractivity contribution in [1.82, 2.24) is 4.90 Å². The number of carboxylic acids is 1. The van der Waals surface area contributed by atoms with Gasteiger partial charge in [0, 0.05) is 17.6 Å². The minimum atomic E-state index is -0.747. The van der Waals surface area contributed by atoms with E-state index in [1.54, 1.807) is 0 Å². The molecule has 0 amide bonds. The predicted octanol–water partition coefficient (Wildman–Crippen LogP) is 3.07. The van der Waals surface area contributed by atoms with Crippen LogP contribution in [0.3, 0.4) is 0 Å². The van der Waals surface area contributed by atoms with E-state index >= 15 is 0 Å². The molecule has 1 saturated carbocycles. The zero-order chi connectivity index (χ0) is 13.8. The average Bonchev–Trinajstić information content (AvgIpc) is 3.14. The van der Waals surface area contributed by atoms with Crippen LogP contribution in [0, 0.1) is 5.92 Å². The van der Waals surface area contributed by atoms with E-state index in [1.807, 2.05) is 24.3 Å². The monoisotopic (exact) mass is 281 g/mol. The van der Waals surface area contributed by atoms with Gasteiger partial charge in [-0.15, -0.1) is 0 Å². The first kappa shape index (κ1) is 14.4. The van der Waals surface area contributed by atoms with Crippen LogP contribution in [0.1, 0.15) is 25.3 Å². The lowest BCUT2D eigenvalue weighted by molar-refractivity contribution is -0.138. The molecule has 0 aromatic heterocycles. The van der Waals surface area contributed by atoms with E-state index in [0.717, 1.165) is 18.0 Å². The summed E-state index contributed by atoms with van der Waals surface area (Å²) >= 11 is 5.87. The number of carboxylic acid groups (broad SMARTS) is 1. The molecule has 19 heavy (non-hydrogen) atoms. The summed E-state index contributed by atoms with van der Waals surface area (Å²) in [4.78, 5) is 13.0. The fourth-order valence-corrected chi connectivity index (χ4v) is 2.42. The summed E-state index contributed by atoms with van der Waals surface area (Å²) in [6.07, 6.45) is 3.34. The molecule has 3 nitrogen and oxygen atoms in total. The van der Waals surface area contributed by atoms with Crippen LogP contribution in [-0.4, -0.2) is 35.1 Å². The fourth-order valence-electron chi connectivity index (χ4n) is 2.30. The third-order valence-electron chi connectivity index (χ3n) is 3.60. The van der Waals surface area contributed by atoms with Crippen LogP contribution in [0.15, 0.2) is 24.3 Å². The molecule has 1 aliphatic carbocycles. The number of hydrogen-bond acceptors (Lipinski definition) is 2. The number of hydrogen-bond donors (Lipinski definition) is 1. The molecule has 1 unspecified atom stereocenters. The summed E-state index contributed by atoms with van der Waals surface area (Å²) in [5.41, 5.74) is 1.20. The summed E-state index contributed by atoms with van der Waals surface area (Å²) in [6, 6.07) is 8.01. The first-order valence-corrected chi connectivity index (χ1v) is 7.12. The fraction of sp³-hybridized carbons (Fsp3) is 0.533. The number of rotatable bonds is 7. The Morgan fingerprint density at radius 2 is 2.05 bits per heavy atom. The molecule has 0 saturated heterocycles. The molecule has 0 aliphatic heterocycles. The highest BCUT2D eigenvalue weighted by atomic mass is 35.5. The Morgan fingerprint density at radius 1 is 1.42 bits per heavy atom. The van der Waals surface area contributed by atoms with Crippen LogP contribution in [0.4, 0.5) is 0 Å². The van der Waals surface area contributed by atoms with Crippen LogP contribution < -0.4 is 0 Å². The quantitative estimate of drug-likeness (QED) is 0.835. The van der Waals surface area contributed by atoms with Crippen molar-refractivity contribution in [1.29, 1.82) is 0 Å². The summed E-state index contributed by atoms with van der Waals surface area (Å²) in [5, 5.41) is 9.74. The van der Waals surface area contributed by atoms with E-state index < -0.39 is 5.97 Å². The highest BCUT2D eigenvalue weighted by molar-refractivity contribution is 6.30. The minimum Gasteiger partial charge on any atom is -0.480 e. The molecule has 0 radical (unpaired) electrons. The minimum absolute atomic E-state index is 0.130. The standard InChI is InChI=1S/C15H20ClNO2/c1-11(8-12-4-6-14(16)7-5-12)17(10-15(18)19)9-13-2-3-13/h4-7,11,13H,2-3,8-10H2,1H3,(H,18,19). The van der Waals surface area contributed by atoms with E-state index in [1.165, 1.54) is 18.4 Å². The van der Waals surface area contributed by atoms with Crippen molar-refractivity contribution in [2.24, 2.45) is 5.92 Å². The molecule has 0 spiro atoms. The topological polar surface area (TPSA) is 40.5 Å². The van der Waals surface area contributed by atoms with Gasteiger partial charge in [-0.3, -0.25) is 9.69 Å².